The van der Waals surface area contributed by atoms with Gasteiger partial charge in [0.2, 0.25) is 6.08 Å². The van der Waals surface area contributed by atoms with Gasteiger partial charge in [0.1, 0.15) is 5.37 Å². The van der Waals surface area contributed by atoms with Crippen LogP contribution in [0.4, 0.5) is 0 Å². The number of aliphatic imine (C=N–C) groups is 1. The van der Waals surface area contributed by atoms with E-state index in [2.05, 4.69) is 4.99 Å². The van der Waals surface area contributed by atoms with E-state index in [0.29, 0.717) is 0 Å². The van der Waals surface area contributed by atoms with Gasteiger partial charge in [-0.25, -0.2) is 4.79 Å². The van der Waals surface area contributed by atoms with Gasteiger partial charge in [-0.1, -0.05) is 0 Å². The average Bonchev–Trinajstić information content (AvgIpc) is 2.19. The van der Waals surface area contributed by atoms with Gasteiger partial charge in [0.15, 0.2) is 0 Å². The zero-order valence-electron chi connectivity index (χ0n) is 4.16. The Labute approximate surface area is 56.1 Å². The molecule has 44 valence electrons. The van der Waals surface area contributed by atoms with Gasteiger partial charge in [0, 0.05) is 10.8 Å². The van der Waals surface area contributed by atoms with Crippen molar-refractivity contribution in [3.8, 4) is 0 Å². The van der Waals surface area contributed by atoms with E-state index in [-0.39, 0.29) is 5.37 Å². The lowest BCUT2D eigenvalue weighted by atomic mass is 10.8. The normalized spacial score (nSPS) is 27.2. The Hall–Kier alpha value is 0.0800. The number of isocyanates is 1. The first-order valence-corrected chi connectivity index (χ1v) is 4.40. The van der Waals surface area contributed by atoms with Gasteiger partial charge < -0.3 is 0 Å². The molecule has 1 saturated heterocycles. The molecular weight excluding hydrogens is 142 g/mol. The molecule has 1 rings (SSSR count). The summed E-state index contributed by atoms with van der Waals surface area (Å²) in [7, 11) is 0. The van der Waals surface area contributed by atoms with Crippen molar-refractivity contribution in [2.75, 3.05) is 10.8 Å². The van der Waals surface area contributed by atoms with Crippen LogP contribution in [0.25, 0.3) is 0 Å². The Kier molecular flexibility index (Phi) is 2.46. The maximum absolute atomic E-state index is 9.65. The summed E-state index contributed by atoms with van der Waals surface area (Å²) < 4.78 is 0. The van der Waals surface area contributed by atoms with Crippen molar-refractivity contribution in [1.82, 2.24) is 0 Å². The molecule has 1 aliphatic rings. The Bertz CT molecular complexity index is 115. The van der Waals surface area contributed by atoms with Crippen LogP contribution < -0.4 is 0 Å². The molecule has 0 spiro atoms. The summed E-state index contributed by atoms with van der Waals surface area (Å²) in [6, 6.07) is 0. The summed E-state index contributed by atoms with van der Waals surface area (Å²) in [6.07, 6.45) is 1.55. The van der Waals surface area contributed by atoms with Crippen LogP contribution in [-0.4, -0.2) is 22.3 Å². The fourth-order valence-corrected chi connectivity index (χ4v) is 2.92. The molecule has 1 fully saturated rings. The zero-order valence-corrected chi connectivity index (χ0v) is 5.80. The molecule has 0 aliphatic carbocycles. The van der Waals surface area contributed by atoms with Gasteiger partial charge in [-0.3, -0.25) is 0 Å². The van der Waals surface area contributed by atoms with Crippen LogP contribution in [-0.2, 0) is 4.79 Å². The van der Waals surface area contributed by atoms with Crippen LogP contribution >= 0.6 is 23.5 Å². The van der Waals surface area contributed by atoms with E-state index in [1.54, 1.807) is 17.8 Å². The first-order valence-electron chi connectivity index (χ1n) is 2.20. The molecule has 1 heterocycles. The second-order valence-electron chi connectivity index (χ2n) is 1.33. The quantitative estimate of drug-likeness (QED) is 0.410. The third-order valence-electron chi connectivity index (χ3n) is 0.801. The van der Waals surface area contributed by atoms with Crippen molar-refractivity contribution >= 4 is 29.6 Å². The van der Waals surface area contributed by atoms with Crippen LogP contribution in [0.2, 0.25) is 0 Å². The molecular formula is C4H5NOS2. The molecule has 0 aromatic heterocycles. The fraction of sp³-hybridized carbons (Fsp3) is 0.750. The highest BCUT2D eigenvalue weighted by atomic mass is 32.2. The van der Waals surface area contributed by atoms with Gasteiger partial charge >= 0.3 is 0 Å². The number of hydrogen-bond acceptors (Lipinski definition) is 4. The number of rotatable bonds is 1. The topological polar surface area (TPSA) is 29.4 Å². The Morgan fingerprint density at radius 1 is 1.75 bits per heavy atom. The third kappa shape index (κ3) is 1.54. The van der Waals surface area contributed by atoms with Gasteiger partial charge in [-0.2, -0.15) is 4.99 Å². The summed E-state index contributed by atoms with van der Waals surface area (Å²) in [4.78, 5) is 13.2. The van der Waals surface area contributed by atoms with E-state index in [4.69, 9.17) is 0 Å². The standard InChI is InChI=1S/C4H5NOS2/c6-2-5-4-1-7-3-8-4/h4H,1,3H2. The summed E-state index contributed by atoms with van der Waals surface area (Å²) in [5, 5.41) is 1.26. The Morgan fingerprint density at radius 2 is 2.62 bits per heavy atom. The van der Waals surface area contributed by atoms with Crippen molar-refractivity contribution in [2.45, 2.75) is 5.37 Å². The van der Waals surface area contributed by atoms with E-state index >= 15 is 0 Å². The van der Waals surface area contributed by atoms with Crippen LogP contribution in [0.15, 0.2) is 4.99 Å². The number of carbonyl (C=O) groups excluding carboxylic acids is 1. The molecule has 4 heteroatoms. The molecule has 0 aromatic carbocycles. The zero-order chi connectivity index (χ0) is 5.82. The van der Waals surface area contributed by atoms with Crippen LogP contribution in [0.5, 0.6) is 0 Å². The van der Waals surface area contributed by atoms with Crippen molar-refractivity contribution < 1.29 is 4.79 Å². The lowest BCUT2D eigenvalue weighted by molar-refractivity contribution is 0.563. The highest BCUT2D eigenvalue weighted by Crippen LogP contribution is 2.29. The van der Waals surface area contributed by atoms with Gasteiger partial charge in [0.05, 0.1) is 0 Å². The number of thioether (sulfide) groups is 2. The molecule has 0 N–H and O–H groups in total. The lowest BCUT2D eigenvalue weighted by Gasteiger charge is -1.90. The fourth-order valence-electron chi connectivity index (χ4n) is 0.457. The predicted octanol–water partition coefficient (Wildman–Crippen LogP) is 1.09. The molecule has 0 saturated carbocycles. The highest BCUT2D eigenvalue weighted by Gasteiger charge is 2.13. The Morgan fingerprint density at radius 3 is 3.12 bits per heavy atom. The third-order valence-corrected chi connectivity index (χ3v) is 3.43. The maximum atomic E-state index is 9.65. The second-order valence-corrected chi connectivity index (χ2v) is 3.89. The highest BCUT2D eigenvalue weighted by molar-refractivity contribution is 8.19. The molecule has 0 aromatic rings. The average molecular weight is 147 g/mol. The first-order chi connectivity index (χ1) is 3.93. The van der Waals surface area contributed by atoms with Gasteiger partial charge in [-0.15, -0.1) is 23.5 Å². The molecule has 1 aliphatic heterocycles. The smallest absolute Gasteiger partial charge is 0.211 e. The summed E-state index contributed by atoms with van der Waals surface area (Å²) >= 11 is 3.51. The van der Waals surface area contributed by atoms with E-state index in [0.717, 1.165) is 10.8 Å². The number of hydrogen-bond donors (Lipinski definition) is 0. The molecule has 0 bridgehead atoms. The molecule has 8 heavy (non-hydrogen) atoms. The van der Waals surface area contributed by atoms with Gasteiger partial charge in [0.25, 0.3) is 0 Å². The Balaban J connectivity index is 2.35. The summed E-state index contributed by atoms with van der Waals surface area (Å²) in [6.45, 7) is 0. The summed E-state index contributed by atoms with van der Waals surface area (Å²) in [5.41, 5.74) is 0. The van der Waals surface area contributed by atoms with Crippen molar-refractivity contribution in [2.24, 2.45) is 4.99 Å². The van der Waals surface area contributed by atoms with Crippen molar-refractivity contribution in [1.29, 1.82) is 0 Å². The van der Waals surface area contributed by atoms with E-state index < -0.39 is 0 Å². The molecule has 2 nitrogen and oxygen atoms in total. The molecule has 1 atom stereocenters. The second kappa shape index (κ2) is 3.17. The monoisotopic (exact) mass is 147 g/mol. The molecule has 0 amide bonds. The van der Waals surface area contributed by atoms with Crippen molar-refractivity contribution in [3.05, 3.63) is 0 Å². The minimum atomic E-state index is 0.192. The largest absolute Gasteiger partial charge is 0.236 e. The van der Waals surface area contributed by atoms with E-state index in [1.165, 1.54) is 0 Å². The minimum Gasteiger partial charge on any atom is -0.211 e. The van der Waals surface area contributed by atoms with Crippen LogP contribution in [0, 0.1) is 0 Å². The van der Waals surface area contributed by atoms with E-state index in [9.17, 15) is 4.79 Å². The minimum absolute atomic E-state index is 0.192. The van der Waals surface area contributed by atoms with Crippen LogP contribution in [0.1, 0.15) is 0 Å². The van der Waals surface area contributed by atoms with Crippen LogP contribution in [0.3, 0.4) is 0 Å². The number of nitrogens with zero attached hydrogens (tertiary/aromatic N) is 1. The predicted molar refractivity (Wildman–Crippen MR) is 36.8 cm³/mol. The molecule has 0 radical (unpaired) electrons. The molecule has 1 unspecified atom stereocenters. The summed E-state index contributed by atoms with van der Waals surface area (Å²) in [5.74, 6) is 0.972. The van der Waals surface area contributed by atoms with E-state index in [1.807, 2.05) is 11.8 Å². The SMILES string of the molecule is O=C=NC1CSCS1. The maximum Gasteiger partial charge on any atom is 0.236 e. The lowest BCUT2D eigenvalue weighted by Crippen LogP contribution is -1.93. The van der Waals surface area contributed by atoms with Gasteiger partial charge in [-0.05, 0) is 0 Å². The van der Waals surface area contributed by atoms with Crippen molar-refractivity contribution in [3.63, 3.8) is 0 Å². The first kappa shape index (κ1) is 6.20.